The monoisotopic (exact) mass is 440 g/mol. The summed E-state index contributed by atoms with van der Waals surface area (Å²) in [5.74, 6) is 0.970. The van der Waals surface area contributed by atoms with Crippen LogP contribution < -0.4 is 4.90 Å². The zero-order valence-corrected chi connectivity index (χ0v) is 17.8. The van der Waals surface area contributed by atoms with Crippen molar-refractivity contribution in [3.8, 4) is 0 Å². The van der Waals surface area contributed by atoms with Gasteiger partial charge in [-0.1, -0.05) is 12.1 Å². The van der Waals surface area contributed by atoms with Gasteiger partial charge in [0, 0.05) is 31.6 Å². The summed E-state index contributed by atoms with van der Waals surface area (Å²) in [6.45, 7) is 3.68. The predicted octanol–water partition coefficient (Wildman–Crippen LogP) is 2.63. The summed E-state index contributed by atoms with van der Waals surface area (Å²) >= 11 is 0. The molecule has 0 spiro atoms. The molecule has 0 N–H and O–H groups in total. The Morgan fingerprint density at radius 2 is 1.71 bits per heavy atom. The van der Waals surface area contributed by atoms with E-state index in [1.165, 1.54) is 28.6 Å². The highest BCUT2D eigenvalue weighted by atomic mass is 32.2. The van der Waals surface area contributed by atoms with Crippen LogP contribution in [-0.2, 0) is 10.0 Å². The molecule has 0 atom stereocenters. The van der Waals surface area contributed by atoms with Crippen LogP contribution in [0.5, 0.6) is 0 Å². The van der Waals surface area contributed by atoms with Gasteiger partial charge in [0.25, 0.3) is 0 Å². The zero-order chi connectivity index (χ0) is 21.6. The van der Waals surface area contributed by atoms with E-state index < -0.39 is 15.8 Å². The molecule has 0 aliphatic carbocycles. The summed E-state index contributed by atoms with van der Waals surface area (Å²) in [5.41, 5.74) is 1.55. The van der Waals surface area contributed by atoms with Gasteiger partial charge in [-0.3, -0.25) is 0 Å². The van der Waals surface area contributed by atoms with E-state index in [0.717, 1.165) is 22.4 Å². The Hall–Kier alpha value is -3.11. The van der Waals surface area contributed by atoms with Crippen molar-refractivity contribution in [3.63, 3.8) is 0 Å². The Labute approximate surface area is 179 Å². The molecular formula is C21H21FN6O2S. The Balaban J connectivity index is 1.49. The second kappa shape index (κ2) is 7.54. The van der Waals surface area contributed by atoms with Crippen molar-refractivity contribution in [2.45, 2.75) is 18.2 Å². The minimum atomic E-state index is -3.69. The van der Waals surface area contributed by atoms with E-state index in [-0.39, 0.29) is 4.90 Å². The van der Waals surface area contributed by atoms with Crippen LogP contribution in [-0.4, -0.2) is 58.5 Å². The average molecular weight is 441 g/mol. The van der Waals surface area contributed by atoms with Gasteiger partial charge in [-0.25, -0.2) is 22.2 Å². The van der Waals surface area contributed by atoms with Gasteiger partial charge >= 0.3 is 0 Å². The van der Waals surface area contributed by atoms with E-state index >= 15 is 0 Å². The van der Waals surface area contributed by atoms with Gasteiger partial charge in [-0.15, -0.1) is 10.2 Å². The van der Waals surface area contributed by atoms with E-state index in [1.54, 1.807) is 0 Å². The molecule has 1 fully saturated rings. The first-order chi connectivity index (χ1) is 14.9. The molecule has 0 amide bonds. The molecule has 2 aromatic heterocycles. The summed E-state index contributed by atoms with van der Waals surface area (Å²) in [4.78, 5) is 7.04. The van der Waals surface area contributed by atoms with Gasteiger partial charge in [0.15, 0.2) is 5.65 Å². The number of para-hydroxylation sites is 1. The lowest BCUT2D eigenvalue weighted by atomic mass is 10.2. The first-order valence-electron chi connectivity index (χ1n) is 10.1. The molecule has 1 aliphatic heterocycles. The number of hydrogen-bond acceptors (Lipinski definition) is 6. The Bertz CT molecular complexity index is 1370. The molecule has 4 aromatic rings. The number of anilines is 1. The second-order valence-corrected chi connectivity index (χ2v) is 9.47. The fourth-order valence-corrected chi connectivity index (χ4v) is 5.47. The summed E-state index contributed by atoms with van der Waals surface area (Å²) < 4.78 is 42.7. The number of halogens is 1. The number of rotatable bonds is 3. The Kier molecular flexibility index (Phi) is 4.82. The third kappa shape index (κ3) is 3.41. The molecule has 5 rings (SSSR count). The van der Waals surface area contributed by atoms with Crippen LogP contribution in [0.4, 0.5) is 10.3 Å². The fourth-order valence-electron chi connectivity index (χ4n) is 4.00. The molecular weight excluding hydrogens is 419 g/mol. The second-order valence-electron chi connectivity index (χ2n) is 7.53. The maximum absolute atomic E-state index is 13.2. The molecule has 3 heterocycles. The molecule has 1 aliphatic rings. The van der Waals surface area contributed by atoms with Gasteiger partial charge < -0.3 is 4.90 Å². The zero-order valence-electron chi connectivity index (χ0n) is 16.9. The predicted molar refractivity (Wildman–Crippen MR) is 115 cm³/mol. The van der Waals surface area contributed by atoms with Crippen LogP contribution in [0, 0.1) is 12.7 Å². The van der Waals surface area contributed by atoms with Crippen molar-refractivity contribution in [2.24, 2.45) is 0 Å². The first kappa shape index (κ1) is 19.8. The van der Waals surface area contributed by atoms with Gasteiger partial charge in [0.1, 0.15) is 11.6 Å². The van der Waals surface area contributed by atoms with Crippen molar-refractivity contribution in [3.05, 3.63) is 60.2 Å². The van der Waals surface area contributed by atoms with Crippen molar-refractivity contribution in [1.82, 2.24) is 23.9 Å². The molecule has 0 bridgehead atoms. The van der Waals surface area contributed by atoms with Crippen LogP contribution >= 0.6 is 0 Å². The van der Waals surface area contributed by atoms with Gasteiger partial charge in [0.05, 0.1) is 10.4 Å². The maximum atomic E-state index is 13.2. The SMILES string of the molecule is Cc1nnc2c3ccccc3nc(N3CCCN(S(=O)(=O)c4ccc(F)cc4)CC3)n12. The third-order valence-electron chi connectivity index (χ3n) is 5.58. The van der Waals surface area contributed by atoms with Crippen LogP contribution in [0.1, 0.15) is 12.2 Å². The van der Waals surface area contributed by atoms with Crippen LogP contribution in [0.2, 0.25) is 0 Å². The van der Waals surface area contributed by atoms with Crippen molar-refractivity contribution in [1.29, 1.82) is 0 Å². The lowest BCUT2D eigenvalue weighted by Crippen LogP contribution is -2.36. The average Bonchev–Trinajstić information content (AvgIpc) is 2.99. The number of fused-ring (bicyclic) bond motifs is 3. The molecule has 160 valence electrons. The first-order valence-corrected chi connectivity index (χ1v) is 11.5. The molecule has 1 saturated heterocycles. The topological polar surface area (TPSA) is 83.7 Å². The highest BCUT2D eigenvalue weighted by molar-refractivity contribution is 7.89. The highest BCUT2D eigenvalue weighted by Crippen LogP contribution is 2.25. The molecule has 31 heavy (non-hydrogen) atoms. The van der Waals surface area contributed by atoms with Crippen molar-refractivity contribution < 1.29 is 12.8 Å². The Morgan fingerprint density at radius 1 is 0.935 bits per heavy atom. The van der Waals surface area contributed by atoms with Crippen LogP contribution in [0.25, 0.3) is 16.6 Å². The molecule has 10 heteroatoms. The summed E-state index contributed by atoms with van der Waals surface area (Å²) in [5, 5.41) is 9.49. The smallest absolute Gasteiger partial charge is 0.243 e. The number of nitrogens with zero attached hydrogens (tertiary/aromatic N) is 6. The summed E-state index contributed by atoms with van der Waals surface area (Å²) in [7, 11) is -3.69. The van der Waals surface area contributed by atoms with Crippen molar-refractivity contribution in [2.75, 3.05) is 31.1 Å². The van der Waals surface area contributed by atoms with Gasteiger partial charge in [0.2, 0.25) is 16.0 Å². The number of hydrogen-bond donors (Lipinski definition) is 0. The number of aromatic nitrogens is 4. The molecule has 2 aromatic carbocycles. The Morgan fingerprint density at radius 3 is 2.52 bits per heavy atom. The van der Waals surface area contributed by atoms with Gasteiger partial charge in [-0.2, -0.15) is 4.31 Å². The van der Waals surface area contributed by atoms with E-state index in [0.29, 0.717) is 38.5 Å². The lowest BCUT2D eigenvalue weighted by Gasteiger charge is -2.24. The highest BCUT2D eigenvalue weighted by Gasteiger charge is 2.28. The third-order valence-corrected chi connectivity index (χ3v) is 7.49. The van der Waals surface area contributed by atoms with Crippen LogP contribution in [0.15, 0.2) is 53.4 Å². The molecule has 0 saturated carbocycles. The summed E-state index contributed by atoms with van der Waals surface area (Å²) in [6.07, 6.45) is 0.637. The van der Waals surface area contributed by atoms with E-state index in [4.69, 9.17) is 4.98 Å². The molecule has 8 nitrogen and oxygen atoms in total. The molecule has 0 unspecified atom stereocenters. The standard InChI is InChI=1S/C21H21FN6O2S/c1-15-24-25-20-18-5-2-3-6-19(18)23-21(28(15)20)26-11-4-12-27(14-13-26)31(29,30)17-9-7-16(22)8-10-17/h2-3,5-10H,4,11-14H2,1H3. The fraction of sp³-hybridized carbons (Fsp3) is 0.286. The molecule has 0 radical (unpaired) electrons. The quantitative estimate of drug-likeness (QED) is 0.487. The largest absolute Gasteiger partial charge is 0.340 e. The van der Waals surface area contributed by atoms with E-state index in [2.05, 4.69) is 15.1 Å². The van der Waals surface area contributed by atoms with Crippen molar-refractivity contribution >= 4 is 32.5 Å². The number of aryl methyl sites for hydroxylation is 1. The van der Waals surface area contributed by atoms with E-state index in [1.807, 2.05) is 35.6 Å². The van der Waals surface area contributed by atoms with Gasteiger partial charge in [-0.05, 0) is 49.7 Å². The minimum Gasteiger partial charge on any atom is -0.340 e. The normalized spacial score (nSPS) is 16.1. The number of sulfonamides is 1. The summed E-state index contributed by atoms with van der Waals surface area (Å²) in [6, 6.07) is 12.7. The number of benzene rings is 2. The minimum absolute atomic E-state index is 0.100. The lowest BCUT2D eigenvalue weighted by molar-refractivity contribution is 0.433. The maximum Gasteiger partial charge on any atom is 0.243 e. The van der Waals surface area contributed by atoms with E-state index in [9.17, 15) is 12.8 Å². The van der Waals surface area contributed by atoms with Crippen LogP contribution in [0.3, 0.4) is 0 Å².